The average molecular weight is 405 g/mol. The topological polar surface area (TPSA) is 84.5 Å². The van der Waals surface area contributed by atoms with Crippen molar-refractivity contribution in [3.63, 3.8) is 0 Å². The van der Waals surface area contributed by atoms with E-state index >= 15 is 0 Å². The summed E-state index contributed by atoms with van der Waals surface area (Å²) in [4.78, 5) is 12.7. The van der Waals surface area contributed by atoms with E-state index in [-0.39, 0.29) is 29.5 Å². The molecule has 0 spiro atoms. The van der Waals surface area contributed by atoms with Crippen LogP contribution in [0.15, 0.2) is 53.4 Å². The third-order valence-electron chi connectivity index (χ3n) is 4.39. The van der Waals surface area contributed by atoms with Crippen molar-refractivity contribution in [2.45, 2.75) is 44.2 Å². The molecule has 0 aromatic heterocycles. The largest absolute Gasteiger partial charge is 0.383 e. The van der Waals surface area contributed by atoms with E-state index in [1.807, 2.05) is 38.1 Å². The van der Waals surface area contributed by atoms with Gasteiger partial charge in [0.05, 0.1) is 17.5 Å². The number of sulfonamides is 1. The first kappa shape index (κ1) is 22.1. The number of amides is 1. The van der Waals surface area contributed by atoms with Gasteiger partial charge in [-0.25, -0.2) is 13.1 Å². The van der Waals surface area contributed by atoms with Gasteiger partial charge in [0.1, 0.15) is 0 Å². The Morgan fingerprint density at radius 3 is 2.21 bits per heavy atom. The summed E-state index contributed by atoms with van der Waals surface area (Å²) < 4.78 is 32.2. The number of hydrogen-bond acceptors (Lipinski definition) is 4. The zero-order chi connectivity index (χ0) is 20.7. The minimum absolute atomic E-state index is 0.104. The Kier molecular flexibility index (Phi) is 7.74. The summed E-state index contributed by atoms with van der Waals surface area (Å²) >= 11 is 0. The molecule has 0 aliphatic heterocycles. The minimum Gasteiger partial charge on any atom is -0.383 e. The number of hydrogen-bond donors (Lipinski definition) is 2. The van der Waals surface area contributed by atoms with E-state index in [1.54, 1.807) is 6.92 Å². The Labute approximate surface area is 167 Å². The number of nitrogens with one attached hydrogen (secondary N) is 2. The SMILES string of the molecule is CC[C@H](NC(=O)c1ccc(S(=O)(=O)N[C@@H](C)COC)cc1)c1ccc(C)cc1. The second-order valence-corrected chi connectivity index (χ2v) is 8.56. The van der Waals surface area contributed by atoms with Gasteiger partial charge in [-0.3, -0.25) is 4.79 Å². The van der Waals surface area contributed by atoms with Crippen molar-refractivity contribution in [1.29, 1.82) is 0 Å². The molecule has 0 fully saturated rings. The highest BCUT2D eigenvalue weighted by Gasteiger charge is 2.19. The molecule has 0 saturated carbocycles. The monoisotopic (exact) mass is 404 g/mol. The summed E-state index contributed by atoms with van der Waals surface area (Å²) in [6.07, 6.45) is 0.753. The standard InChI is InChI=1S/C21H28N2O4S/c1-5-20(17-8-6-15(2)7-9-17)22-21(24)18-10-12-19(13-11-18)28(25,26)23-16(3)14-27-4/h6-13,16,20,23H,5,14H2,1-4H3,(H,22,24)/t16-,20-/m0/s1. The molecule has 0 saturated heterocycles. The molecular weight excluding hydrogens is 376 g/mol. The lowest BCUT2D eigenvalue weighted by molar-refractivity contribution is 0.0935. The van der Waals surface area contributed by atoms with Crippen molar-refractivity contribution in [2.75, 3.05) is 13.7 Å². The maximum Gasteiger partial charge on any atom is 0.251 e. The van der Waals surface area contributed by atoms with Crippen molar-refractivity contribution >= 4 is 15.9 Å². The summed E-state index contributed by atoms with van der Waals surface area (Å²) in [6.45, 7) is 6.02. The van der Waals surface area contributed by atoms with E-state index < -0.39 is 10.0 Å². The first-order valence-corrected chi connectivity index (χ1v) is 10.7. The molecule has 152 valence electrons. The number of benzene rings is 2. The van der Waals surface area contributed by atoms with Gasteiger partial charge in [0.2, 0.25) is 10.0 Å². The first-order chi connectivity index (χ1) is 13.3. The van der Waals surface area contributed by atoms with Crippen molar-refractivity contribution < 1.29 is 17.9 Å². The predicted molar refractivity (Wildman–Crippen MR) is 110 cm³/mol. The summed E-state index contributed by atoms with van der Waals surface area (Å²) in [5, 5.41) is 3.01. The third-order valence-corrected chi connectivity index (χ3v) is 6.00. The fourth-order valence-electron chi connectivity index (χ4n) is 2.86. The minimum atomic E-state index is -3.66. The molecule has 0 unspecified atom stereocenters. The molecule has 7 heteroatoms. The summed E-state index contributed by atoms with van der Waals surface area (Å²) in [5.41, 5.74) is 2.61. The molecule has 2 N–H and O–H groups in total. The summed E-state index contributed by atoms with van der Waals surface area (Å²) in [5.74, 6) is -0.239. The van der Waals surface area contributed by atoms with Crippen molar-refractivity contribution in [3.05, 3.63) is 65.2 Å². The van der Waals surface area contributed by atoms with Crippen molar-refractivity contribution in [3.8, 4) is 0 Å². The van der Waals surface area contributed by atoms with Crippen molar-refractivity contribution in [1.82, 2.24) is 10.0 Å². The van der Waals surface area contributed by atoms with Gasteiger partial charge in [-0.15, -0.1) is 0 Å². The van der Waals surface area contributed by atoms with Crippen molar-refractivity contribution in [2.24, 2.45) is 0 Å². The number of methoxy groups -OCH3 is 1. The van der Waals surface area contributed by atoms with Gasteiger partial charge in [-0.05, 0) is 50.1 Å². The van der Waals surface area contributed by atoms with E-state index in [4.69, 9.17) is 4.74 Å². The van der Waals surface area contributed by atoms with E-state index in [9.17, 15) is 13.2 Å². The molecule has 0 aliphatic carbocycles. The highest BCUT2D eigenvalue weighted by atomic mass is 32.2. The number of carbonyl (C=O) groups excluding carboxylic acids is 1. The van der Waals surface area contributed by atoms with Crippen LogP contribution in [0.2, 0.25) is 0 Å². The average Bonchev–Trinajstić information content (AvgIpc) is 2.66. The molecule has 2 aromatic rings. The number of carbonyl (C=O) groups is 1. The van der Waals surface area contributed by atoms with Gasteiger partial charge in [0, 0.05) is 18.7 Å². The highest BCUT2D eigenvalue weighted by molar-refractivity contribution is 7.89. The number of aryl methyl sites for hydroxylation is 1. The summed E-state index contributed by atoms with van der Waals surface area (Å²) in [7, 11) is -2.15. The molecule has 6 nitrogen and oxygen atoms in total. The van der Waals surface area contributed by atoms with Crippen LogP contribution in [0, 0.1) is 6.92 Å². The second kappa shape index (κ2) is 9.82. The smallest absolute Gasteiger partial charge is 0.251 e. The maximum atomic E-state index is 12.6. The van der Waals surface area contributed by atoms with Crippen LogP contribution in [-0.2, 0) is 14.8 Å². The molecule has 0 aliphatic rings. The van der Waals surface area contributed by atoms with Crippen LogP contribution in [0.3, 0.4) is 0 Å². The predicted octanol–water partition coefficient (Wildman–Crippen LogP) is 3.19. The molecule has 2 aromatic carbocycles. The van der Waals surface area contributed by atoms with E-state index in [0.717, 1.165) is 17.5 Å². The Bertz CT molecular complexity index is 878. The molecule has 1 amide bonds. The van der Waals surface area contributed by atoms with Gasteiger partial charge in [-0.2, -0.15) is 0 Å². The quantitative estimate of drug-likeness (QED) is 0.672. The molecular formula is C21H28N2O4S. The Morgan fingerprint density at radius 2 is 1.68 bits per heavy atom. The van der Waals surface area contributed by atoms with Gasteiger partial charge in [0.25, 0.3) is 5.91 Å². The fraction of sp³-hybridized carbons (Fsp3) is 0.381. The van der Waals surface area contributed by atoms with Crippen LogP contribution >= 0.6 is 0 Å². The normalized spacial score (nSPS) is 13.7. The number of rotatable bonds is 9. The Morgan fingerprint density at radius 1 is 1.07 bits per heavy atom. The van der Waals surface area contributed by atoms with Crippen LogP contribution in [0.1, 0.15) is 47.8 Å². The lowest BCUT2D eigenvalue weighted by Gasteiger charge is -2.18. The molecule has 2 rings (SSSR count). The lowest BCUT2D eigenvalue weighted by atomic mass is 10.0. The fourth-order valence-corrected chi connectivity index (χ4v) is 4.09. The molecule has 2 atom stereocenters. The van der Waals surface area contributed by atoms with Crippen LogP contribution < -0.4 is 10.0 Å². The lowest BCUT2D eigenvalue weighted by Crippen LogP contribution is -2.35. The third kappa shape index (κ3) is 5.89. The zero-order valence-corrected chi connectivity index (χ0v) is 17.5. The van der Waals surface area contributed by atoms with E-state index in [0.29, 0.717) is 5.56 Å². The molecule has 0 radical (unpaired) electrons. The highest BCUT2D eigenvalue weighted by Crippen LogP contribution is 2.18. The first-order valence-electron chi connectivity index (χ1n) is 9.25. The van der Waals surface area contributed by atoms with Crippen LogP contribution in [0.25, 0.3) is 0 Å². The zero-order valence-electron chi connectivity index (χ0n) is 16.7. The van der Waals surface area contributed by atoms with Crippen LogP contribution in [0.5, 0.6) is 0 Å². The molecule has 28 heavy (non-hydrogen) atoms. The molecule has 0 bridgehead atoms. The molecule has 0 heterocycles. The van der Waals surface area contributed by atoms with E-state index in [1.165, 1.54) is 31.4 Å². The maximum absolute atomic E-state index is 12.6. The Balaban J connectivity index is 2.09. The van der Waals surface area contributed by atoms with Gasteiger partial charge in [-0.1, -0.05) is 36.8 Å². The van der Waals surface area contributed by atoms with Gasteiger partial charge >= 0.3 is 0 Å². The Hall–Kier alpha value is -2.22. The second-order valence-electron chi connectivity index (χ2n) is 6.85. The van der Waals surface area contributed by atoms with Gasteiger partial charge in [0.15, 0.2) is 0 Å². The van der Waals surface area contributed by atoms with E-state index in [2.05, 4.69) is 10.0 Å². The van der Waals surface area contributed by atoms with Crippen LogP contribution in [0.4, 0.5) is 0 Å². The summed E-state index contributed by atoms with van der Waals surface area (Å²) in [6, 6.07) is 13.5. The van der Waals surface area contributed by atoms with Crippen LogP contribution in [-0.4, -0.2) is 34.1 Å². The van der Waals surface area contributed by atoms with Gasteiger partial charge < -0.3 is 10.1 Å². The number of ether oxygens (including phenoxy) is 1.